The summed E-state index contributed by atoms with van der Waals surface area (Å²) in [5.74, 6) is -1.82. The Morgan fingerprint density at radius 3 is 2.26 bits per heavy atom. The van der Waals surface area contributed by atoms with Crippen molar-refractivity contribution in [3.05, 3.63) is 21.5 Å². The Kier molecular flexibility index (Phi) is 6.27. The maximum Gasteiger partial charge on any atom is 0.330 e. The van der Waals surface area contributed by atoms with Crippen molar-refractivity contribution >= 4 is 41.3 Å². The van der Waals surface area contributed by atoms with Crippen LogP contribution in [0, 0.1) is 4.64 Å². The van der Waals surface area contributed by atoms with E-state index in [9.17, 15) is 19.2 Å². The lowest BCUT2D eigenvalue weighted by Crippen LogP contribution is -2.40. The Bertz CT molecular complexity index is 1170. The maximum absolute atomic E-state index is 12.3. The van der Waals surface area contributed by atoms with Gasteiger partial charge in [-0.2, -0.15) is 0 Å². The SMILES string of the molecule is CC(=O)OC[C@H]1O[C@@H](n2cnc3c2c(=S)n(C)c(=O)n3C)[C@H](OC(C)=O)[C@@H]1OC(C)=O. The summed E-state index contributed by atoms with van der Waals surface area (Å²) in [5.41, 5.74) is 0.319. The number of hydrogen-bond acceptors (Lipinski definition) is 10. The van der Waals surface area contributed by atoms with E-state index in [1.54, 1.807) is 7.05 Å². The van der Waals surface area contributed by atoms with E-state index in [1.165, 1.54) is 47.8 Å². The molecule has 3 heterocycles. The Morgan fingerprint density at radius 2 is 1.68 bits per heavy atom. The van der Waals surface area contributed by atoms with Crippen LogP contribution in [0.2, 0.25) is 0 Å². The highest BCUT2D eigenvalue weighted by Crippen LogP contribution is 2.36. The van der Waals surface area contributed by atoms with Gasteiger partial charge in [0.1, 0.15) is 22.9 Å². The zero-order chi connectivity index (χ0) is 23.0. The Morgan fingerprint density at radius 1 is 1.06 bits per heavy atom. The molecule has 1 saturated heterocycles. The van der Waals surface area contributed by atoms with Crippen LogP contribution in [0.25, 0.3) is 11.2 Å². The second kappa shape index (κ2) is 8.59. The van der Waals surface area contributed by atoms with Crippen LogP contribution >= 0.6 is 12.2 Å². The molecular weight excluding hydrogens is 432 g/mol. The Balaban J connectivity index is 2.14. The molecule has 0 saturated carbocycles. The Labute approximate surface area is 181 Å². The maximum atomic E-state index is 12.3. The molecular formula is C18H22N4O8S. The fourth-order valence-electron chi connectivity index (χ4n) is 3.47. The van der Waals surface area contributed by atoms with Gasteiger partial charge in [0.25, 0.3) is 0 Å². The lowest BCUT2D eigenvalue weighted by Gasteiger charge is -2.24. The molecule has 4 atom stereocenters. The van der Waals surface area contributed by atoms with E-state index in [4.69, 9.17) is 31.2 Å². The quantitative estimate of drug-likeness (QED) is 0.349. The van der Waals surface area contributed by atoms with Gasteiger partial charge >= 0.3 is 23.6 Å². The fraction of sp³-hybridized carbons (Fsp3) is 0.556. The number of carbonyl (C=O) groups is 3. The minimum Gasteiger partial charge on any atom is -0.463 e. The molecule has 12 nitrogen and oxygen atoms in total. The standard InChI is InChI=1S/C18H22N4O8S/c1-8(23)27-6-11-13(28-9(2)24)14(29-10(3)25)16(30-11)22-7-19-15-12(22)17(31)21(5)18(26)20(15)4/h7,11,13-14,16H,6H2,1-5H3/t11-,13-,14-,16-/m1/s1. The van der Waals surface area contributed by atoms with E-state index in [0.29, 0.717) is 11.2 Å². The number of nitrogens with zero attached hydrogens (tertiary/aromatic N) is 4. The highest BCUT2D eigenvalue weighted by molar-refractivity contribution is 7.71. The first kappa shape index (κ1) is 22.6. The first-order valence-electron chi connectivity index (χ1n) is 9.28. The van der Waals surface area contributed by atoms with Crippen molar-refractivity contribution in [2.45, 2.75) is 45.3 Å². The van der Waals surface area contributed by atoms with Crippen molar-refractivity contribution < 1.29 is 33.3 Å². The topological polar surface area (TPSA) is 133 Å². The predicted octanol–water partition coefficient (Wildman–Crippen LogP) is 0.127. The summed E-state index contributed by atoms with van der Waals surface area (Å²) >= 11 is 5.43. The number of rotatable bonds is 5. The van der Waals surface area contributed by atoms with Gasteiger partial charge in [-0.05, 0) is 0 Å². The van der Waals surface area contributed by atoms with Crippen molar-refractivity contribution in [1.29, 1.82) is 0 Å². The minimum atomic E-state index is -1.09. The van der Waals surface area contributed by atoms with Crippen molar-refractivity contribution in [2.24, 2.45) is 14.1 Å². The van der Waals surface area contributed by atoms with E-state index in [1.807, 2.05) is 0 Å². The molecule has 0 spiro atoms. The number of imidazole rings is 1. The van der Waals surface area contributed by atoms with Crippen LogP contribution in [0.15, 0.2) is 11.1 Å². The van der Waals surface area contributed by atoms with Gasteiger partial charge in [-0.25, -0.2) is 9.78 Å². The van der Waals surface area contributed by atoms with Crippen molar-refractivity contribution in [3.63, 3.8) is 0 Å². The van der Waals surface area contributed by atoms with Gasteiger partial charge < -0.3 is 18.9 Å². The van der Waals surface area contributed by atoms with E-state index >= 15 is 0 Å². The van der Waals surface area contributed by atoms with Gasteiger partial charge in [0.2, 0.25) is 0 Å². The fourth-order valence-corrected chi connectivity index (χ4v) is 3.75. The second-order valence-corrected chi connectivity index (χ2v) is 7.43. The largest absolute Gasteiger partial charge is 0.463 e. The van der Waals surface area contributed by atoms with E-state index in [0.717, 1.165) is 0 Å². The van der Waals surface area contributed by atoms with Gasteiger partial charge in [0.05, 0.1) is 6.33 Å². The minimum absolute atomic E-state index is 0.188. The molecule has 168 valence electrons. The third kappa shape index (κ3) is 4.23. The lowest BCUT2D eigenvalue weighted by molar-refractivity contribution is -0.166. The zero-order valence-corrected chi connectivity index (χ0v) is 18.4. The van der Waals surface area contributed by atoms with Gasteiger partial charge in [0, 0.05) is 34.9 Å². The van der Waals surface area contributed by atoms with E-state index < -0.39 is 42.4 Å². The molecule has 2 aromatic rings. The molecule has 0 amide bonds. The average Bonchev–Trinajstić information content (AvgIpc) is 3.25. The van der Waals surface area contributed by atoms with Crippen LogP contribution in [-0.2, 0) is 47.4 Å². The summed E-state index contributed by atoms with van der Waals surface area (Å²) in [7, 11) is 3.06. The number of fused-ring (bicyclic) bond motifs is 1. The number of carbonyl (C=O) groups excluding carboxylic acids is 3. The first-order chi connectivity index (χ1) is 14.5. The van der Waals surface area contributed by atoms with Crippen molar-refractivity contribution in [2.75, 3.05) is 6.61 Å². The zero-order valence-electron chi connectivity index (χ0n) is 17.6. The van der Waals surface area contributed by atoms with E-state index in [2.05, 4.69) is 4.98 Å². The first-order valence-corrected chi connectivity index (χ1v) is 9.69. The number of esters is 3. The second-order valence-electron chi connectivity index (χ2n) is 7.05. The van der Waals surface area contributed by atoms with Crippen molar-refractivity contribution in [3.8, 4) is 0 Å². The molecule has 1 fully saturated rings. The summed E-state index contributed by atoms with van der Waals surface area (Å²) in [6.07, 6.45) is -2.69. The van der Waals surface area contributed by atoms with Gasteiger partial charge in [-0.1, -0.05) is 12.2 Å². The normalized spacial score (nSPS) is 23.0. The van der Waals surface area contributed by atoms with E-state index in [-0.39, 0.29) is 16.9 Å². The van der Waals surface area contributed by atoms with Crippen LogP contribution in [-0.4, -0.2) is 61.5 Å². The van der Waals surface area contributed by atoms with Crippen LogP contribution < -0.4 is 5.69 Å². The highest BCUT2D eigenvalue weighted by Gasteiger charge is 2.51. The molecule has 3 rings (SSSR count). The summed E-state index contributed by atoms with van der Waals surface area (Å²) < 4.78 is 26.1. The predicted molar refractivity (Wildman–Crippen MR) is 106 cm³/mol. The molecule has 0 unspecified atom stereocenters. The summed E-state index contributed by atoms with van der Waals surface area (Å²) in [6.45, 7) is 3.39. The van der Waals surface area contributed by atoms with Crippen LogP contribution in [0.5, 0.6) is 0 Å². The van der Waals surface area contributed by atoms with Crippen LogP contribution in [0.4, 0.5) is 0 Å². The molecule has 0 radical (unpaired) electrons. The molecule has 1 aliphatic rings. The molecule has 13 heteroatoms. The molecule has 0 aliphatic carbocycles. The smallest absolute Gasteiger partial charge is 0.330 e. The summed E-state index contributed by atoms with van der Waals surface area (Å²) in [5, 5.41) is 0. The molecule has 0 aromatic carbocycles. The number of aryl methyl sites for hydroxylation is 1. The van der Waals surface area contributed by atoms with Crippen molar-refractivity contribution in [1.82, 2.24) is 18.7 Å². The molecule has 0 N–H and O–H groups in total. The third-order valence-corrected chi connectivity index (χ3v) is 5.26. The number of ether oxygens (including phenoxy) is 4. The molecule has 1 aliphatic heterocycles. The highest BCUT2D eigenvalue weighted by atomic mass is 32.1. The van der Waals surface area contributed by atoms with Gasteiger partial charge in [-0.15, -0.1) is 0 Å². The third-order valence-electron chi connectivity index (χ3n) is 4.79. The number of hydrogen-bond donors (Lipinski definition) is 0. The number of aromatic nitrogens is 4. The average molecular weight is 454 g/mol. The molecule has 0 bridgehead atoms. The van der Waals surface area contributed by atoms with Crippen LogP contribution in [0.3, 0.4) is 0 Å². The molecule has 31 heavy (non-hydrogen) atoms. The van der Waals surface area contributed by atoms with Gasteiger partial charge in [-0.3, -0.25) is 28.1 Å². The lowest BCUT2D eigenvalue weighted by atomic mass is 10.1. The summed E-state index contributed by atoms with van der Waals surface area (Å²) in [6, 6.07) is 0. The molecule has 2 aromatic heterocycles. The van der Waals surface area contributed by atoms with Crippen LogP contribution in [0.1, 0.15) is 27.0 Å². The monoisotopic (exact) mass is 454 g/mol. The van der Waals surface area contributed by atoms with Gasteiger partial charge in [0.15, 0.2) is 24.1 Å². The Hall–Kier alpha value is -3.06. The summed E-state index contributed by atoms with van der Waals surface area (Å²) in [4.78, 5) is 51.4.